The van der Waals surface area contributed by atoms with Gasteiger partial charge in [-0.05, 0) is 12.5 Å². The topological polar surface area (TPSA) is 58.5 Å². The Morgan fingerprint density at radius 2 is 2.04 bits per heavy atom. The van der Waals surface area contributed by atoms with E-state index in [1.54, 1.807) is 19.2 Å². The molecule has 0 saturated carbocycles. The molecule has 0 radical (unpaired) electrons. The number of hydrogen-bond acceptors (Lipinski definition) is 3. The summed E-state index contributed by atoms with van der Waals surface area (Å²) in [6, 6.07) is 3.32. The van der Waals surface area contributed by atoms with Gasteiger partial charge in [-0.1, -0.05) is 32.3 Å². The maximum absolute atomic E-state index is 12.3. The molecule has 0 aliphatic carbocycles. The lowest BCUT2D eigenvalue weighted by atomic mass is 10.2. The summed E-state index contributed by atoms with van der Waals surface area (Å²) in [6.07, 6.45) is 1.58. The van der Waals surface area contributed by atoms with Gasteiger partial charge in [0.2, 0.25) is 5.88 Å². The number of alkyl halides is 3. The average molecular weight is 346 g/mol. The molecule has 0 aliphatic heterocycles. The predicted octanol–water partition coefficient (Wildman–Crippen LogP) is 3.27. The van der Waals surface area contributed by atoms with Gasteiger partial charge in [0.25, 0.3) is 0 Å². The normalized spacial score (nSPS) is 12.1. The smallest absolute Gasteiger partial charge is 0.422 e. The molecular weight excluding hydrogens is 321 g/mol. The van der Waals surface area contributed by atoms with E-state index in [9.17, 15) is 13.2 Å². The molecule has 0 aromatic carbocycles. The zero-order valence-electron chi connectivity index (χ0n) is 14.1. The summed E-state index contributed by atoms with van der Waals surface area (Å²) < 4.78 is 41.6. The van der Waals surface area contributed by atoms with Gasteiger partial charge in [-0.3, -0.25) is 4.99 Å². The van der Waals surface area contributed by atoms with Gasteiger partial charge in [0, 0.05) is 31.9 Å². The second-order valence-electron chi connectivity index (χ2n) is 5.28. The fraction of sp³-hybridized carbons (Fsp3) is 0.625. The van der Waals surface area contributed by atoms with E-state index >= 15 is 0 Å². The summed E-state index contributed by atoms with van der Waals surface area (Å²) in [5.74, 6) is 0.567. The molecule has 5 nitrogen and oxygen atoms in total. The van der Waals surface area contributed by atoms with Crippen molar-refractivity contribution >= 4 is 5.96 Å². The Morgan fingerprint density at radius 1 is 1.25 bits per heavy atom. The molecule has 2 N–H and O–H groups in total. The van der Waals surface area contributed by atoms with Crippen LogP contribution in [0, 0.1) is 0 Å². The molecule has 0 spiro atoms. The van der Waals surface area contributed by atoms with Crippen molar-refractivity contribution in [2.45, 2.75) is 45.3 Å². The van der Waals surface area contributed by atoms with E-state index in [0.29, 0.717) is 11.5 Å². The van der Waals surface area contributed by atoms with Crippen LogP contribution in [-0.4, -0.2) is 37.3 Å². The molecule has 1 aromatic rings. The minimum Gasteiger partial charge on any atom is -0.468 e. The largest absolute Gasteiger partial charge is 0.468 e. The summed E-state index contributed by atoms with van der Waals surface area (Å²) in [4.78, 5) is 7.95. The van der Waals surface area contributed by atoms with Crippen molar-refractivity contribution in [3.05, 3.63) is 23.9 Å². The molecule has 0 unspecified atom stereocenters. The van der Waals surface area contributed by atoms with E-state index < -0.39 is 12.8 Å². The third kappa shape index (κ3) is 8.59. The van der Waals surface area contributed by atoms with Crippen molar-refractivity contribution in [3.8, 4) is 5.88 Å². The number of aliphatic imine (C=N–C) groups is 1. The van der Waals surface area contributed by atoms with Crippen molar-refractivity contribution in [2.24, 2.45) is 4.99 Å². The van der Waals surface area contributed by atoms with Crippen LogP contribution in [0.1, 0.15) is 38.2 Å². The van der Waals surface area contributed by atoms with Gasteiger partial charge in [0.05, 0.1) is 0 Å². The summed E-state index contributed by atoms with van der Waals surface area (Å²) in [5, 5.41) is 6.22. The minimum atomic E-state index is -4.39. The third-order valence-corrected chi connectivity index (χ3v) is 3.22. The lowest BCUT2D eigenvalue weighted by Gasteiger charge is -2.14. The van der Waals surface area contributed by atoms with Crippen molar-refractivity contribution in [1.82, 2.24) is 15.6 Å². The summed E-state index contributed by atoms with van der Waals surface area (Å²) in [7, 11) is 1.64. The van der Waals surface area contributed by atoms with Gasteiger partial charge >= 0.3 is 6.18 Å². The van der Waals surface area contributed by atoms with E-state index in [2.05, 4.69) is 27.5 Å². The van der Waals surface area contributed by atoms with E-state index in [-0.39, 0.29) is 12.4 Å². The van der Waals surface area contributed by atoms with Crippen molar-refractivity contribution < 1.29 is 17.9 Å². The predicted molar refractivity (Wildman–Crippen MR) is 88.1 cm³/mol. The van der Waals surface area contributed by atoms with Gasteiger partial charge < -0.3 is 15.4 Å². The lowest BCUT2D eigenvalue weighted by Crippen LogP contribution is -2.37. The summed E-state index contributed by atoms with van der Waals surface area (Å²) in [5.41, 5.74) is 0.538. The van der Waals surface area contributed by atoms with E-state index in [1.165, 1.54) is 19.0 Å². The number of rotatable bonds is 9. The first-order valence-electron chi connectivity index (χ1n) is 8.04. The number of ether oxygens (including phenoxy) is 1. The van der Waals surface area contributed by atoms with E-state index in [0.717, 1.165) is 19.4 Å². The molecule has 24 heavy (non-hydrogen) atoms. The molecular formula is C16H25F3N4O. The number of pyridine rings is 1. The zero-order chi connectivity index (χ0) is 17.8. The molecule has 1 heterocycles. The van der Waals surface area contributed by atoms with Crippen LogP contribution < -0.4 is 15.4 Å². The molecule has 0 amide bonds. The highest BCUT2D eigenvalue weighted by molar-refractivity contribution is 5.79. The van der Waals surface area contributed by atoms with Crippen LogP contribution in [0.5, 0.6) is 5.88 Å². The van der Waals surface area contributed by atoms with Gasteiger partial charge in [-0.2, -0.15) is 13.2 Å². The average Bonchev–Trinajstić information content (AvgIpc) is 2.55. The van der Waals surface area contributed by atoms with Gasteiger partial charge in [-0.25, -0.2) is 4.98 Å². The van der Waals surface area contributed by atoms with Crippen molar-refractivity contribution in [3.63, 3.8) is 0 Å². The molecule has 0 aliphatic rings. The van der Waals surface area contributed by atoms with Crippen LogP contribution >= 0.6 is 0 Å². The van der Waals surface area contributed by atoms with Gasteiger partial charge in [0.1, 0.15) is 0 Å². The quantitative estimate of drug-likeness (QED) is 0.409. The Hall–Kier alpha value is -1.99. The fourth-order valence-electron chi connectivity index (χ4n) is 2.00. The molecule has 1 rings (SSSR count). The first-order valence-corrected chi connectivity index (χ1v) is 8.04. The highest BCUT2D eigenvalue weighted by atomic mass is 19.4. The molecule has 136 valence electrons. The van der Waals surface area contributed by atoms with Crippen LogP contribution in [0.15, 0.2) is 23.3 Å². The first-order chi connectivity index (χ1) is 11.5. The molecule has 0 bridgehead atoms. The monoisotopic (exact) mass is 346 g/mol. The van der Waals surface area contributed by atoms with Crippen LogP contribution in [0.25, 0.3) is 0 Å². The van der Waals surface area contributed by atoms with Crippen molar-refractivity contribution in [2.75, 3.05) is 20.2 Å². The summed E-state index contributed by atoms with van der Waals surface area (Å²) >= 11 is 0. The maximum atomic E-state index is 12.3. The Bertz CT molecular complexity index is 506. The van der Waals surface area contributed by atoms with Crippen LogP contribution in [-0.2, 0) is 6.54 Å². The van der Waals surface area contributed by atoms with E-state index in [4.69, 9.17) is 4.74 Å². The third-order valence-electron chi connectivity index (χ3n) is 3.22. The lowest BCUT2D eigenvalue weighted by molar-refractivity contribution is -0.154. The first kappa shape index (κ1) is 20.1. The Labute approximate surface area is 140 Å². The standard InChI is InChI=1S/C16H25F3N4O/c1-3-4-5-6-9-22-15(20-2)23-11-13-8-7-10-21-14(13)24-12-16(17,18)19/h7-8,10H,3-6,9,11-12H2,1-2H3,(H2,20,22,23). The molecule has 1 aromatic heterocycles. The molecule has 8 heteroatoms. The highest BCUT2D eigenvalue weighted by Crippen LogP contribution is 2.19. The highest BCUT2D eigenvalue weighted by Gasteiger charge is 2.29. The Balaban J connectivity index is 2.47. The number of nitrogens with one attached hydrogen (secondary N) is 2. The number of guanidine groups is 1. The van der Waals surface area contributed by atoms with E-state index in [1.807, 2.05) is 0 Å². The van der Waals surface area contributed by atoms with Crippen molar-refractivity contribution in [1.29, 1.82) is 0 Å². The fourth-order valence-corrected chi connectivity index (χ4v) is 2.00. The second kappa shape index (κ2) is 10.7. The Kier molecular flexibility index (Phi) is 8.96. The number of hydrogen-bond donors (Lipinski definition) is 2. The van der Waals surface area contributed by atoms with Gasteiger partial charge in [-0.15, -0.1) is 0 Å². The van der Waals surface area contributed by atoms with Crippen LogP contribution in [0.4, 0.5) is 13.2 Å². The number of unbranched alkanes of at least 4 members (excludes halogenated alkanes) is 3. The second-order valence-corrected chi connectivity index (χ2v) is 5.28. The number of halogens is 3. The summed E-state index contributed by atoms with van der Waals surface area (Å²) in [6.45, 7) is 1.86. The molecule has 0 saturated heterocycles. The van der Waals surface area contributed by atoms with Crippen LogP contribution in [0.2, 0.25) is 0 Å². The number of aromatic nitrogens is 1. The minimum absolute atomic E-state index is 0.0271. The van der Waals surface area contributed by atoms with Gasteiger partial charge in [0.15, 0.2) is 12.6 Å². The molecule has 0 atom stereocenters. The SMILES string of the molecule is CCCCCCNC(=NC)NCc1cccnc1OCC(F)(F)F. The molecule has 0 fully saturated rings. The zero-order valence-corrected chi connectivity index (χ0v) is 14.1. The van der Waals surface area contributed by atoms with Crippen LogP contribution in [0.3, 0.4) is 0 Å². The maximum Gasteiger partial charge on any atom is 0.422 e. The Morgan fingerprint density at radius 3 is 2.71 bits per heavy atom. The number of nitrogens with zero attached hydrogens (tertiary/aromatic N) is 2.